The molecule has 0 aliphatic carbocycles. The second-order valence-electron chi connectivity index (χ2n) is 7.58. The highest BCUT2D eigenvalue weighted by molar-refractivity contribution is 5.95. The van der Waals surface area contributed by atoms with Gasteiger partial charge in [-0.15, -0.1) is 0 Å². The van der Waals surface area contributed by atoms with Gasteiger partial charge in [-0.2, -0.15) is 5.10 Å². The molecule has 2 bridgehead atoms. The number of aryl methyl sites for hydroxylation is 1. The molecule has 3 aromatic rings. The van der Waals surface area contributed by atoms with Crippen molar-refractivity contribution in [3.63, 3.8) is 0 Å². The van der Waals surface area contributed by atoms with Crippen molar-refractivity contribution >= 4 is 23.1 Å². The third-order valence-electron chi connectivity index (χ3n) is 5.75. The van der Waals surface area contributed by atoms with E-state index in [1.54, 1.807) is 16.8 Å². The number of amides is 1. The van der Waals surface area contributed by atoms with E-state index in [2.05, 4.69) is 20.3 Å². The third kappa shape index (κ3) is 2.80. The monoisotopic (exact) mass is 380 g/mol. The van der Waals surface area contributed by atoms with Crippen LogP contribution in [0.25, 0.3) is 5.65 Å². The number of hydrogen-bond donors (Lipinski definition) is 1. The van der Waals surface area contributed by atoms with E-state index in [9.17, 15) is 9.18 Å². The standard InChI is InChI=1S/C20H21FN6O/c1-12-4-5-15-14(9-13(21)10-22-15)17-3-2-7-26(17)18-6-8-27-19(25-18)16(11-23-27)24-20(12)28/h6,8-12,17H,2-5,7H2,1H3,(H,24,28)/t12-,17-/m0/s1. The van der Waals surface area contributed by atoms with Crippen LogP contribution in [-0.2, 0) is 11.2 Å². The normalized spacial score (nSPS) is 22.2. The molecule has 5 rings (SSSR count). The Hall–Kier alpha value is -3.03. The van der Waals surface area contributed by atoms with Gasteiger partial charge in [0, 0.05) is 24.4 Å². The van der Waals surface area contributed by atoms with Gasteiger partial charge in [-0.3, -0.25) is 9.78 Å². The lowest BCUT2D eigenvalue weighted by molar-refractivity contribution is -0.119. The lowest BCUT2D eigenvalue weighted by atomic mass is 9.96. The number of halogens is 1. The van der Waals surface area contributed by atoms with Gasteiger partial charge in [-0.05, 0) is 43.4 Å². The van der Waals surface area contributed by atoms with E-state index in [1.165, 1.54) is 6.20 Å². The van der Waals surface area contributed by atoms with Crippen LogP contribution >= 0.6 is 0 Å². The van der Waals surface area contributed by atoms with E-state index < -0.39 is 0 Å². The molecule has 144 valence electrons. The minimum Gasteiger partial charge on any atom is -0.349 e. The maximum Gasteiger partial charge on any atom is 0.227 e. The van der Waals surface area contributed by atoms with Crippen LogP contribution in [0.15, 0.2) is 30.7 Å². The Morgan fingerprint density at radius 2 is 2.18 bits per heavy atom. The summed E-state index contributed by atoms with van der Waals surface area (Å²) in [4.78, 5) is 24.0. The van der Waals surface area contributed by atoms with E-state index in [1.807, 2.05) is 19.2 Å². The summed E-state index contributed by atoms with van der Waals surface area (Å²) in [6.07, 6.45) is 7.93. The fourth-order valence-corrected chi connectivity index (χ4v) is 4.19. The smallest absolute Gasteiger partial charge is 0.227 e. The highest BCUT2D eigenvalue weighted by Crippen LogP contribution is 2.37. The summed E-state index contributed by atoms with van der Waals surface area (Å²) in [6, 6.07) is 3.54. The van der Waals surface area contributed by atoms with E-state index in [-0.39, 0.29) is 23.7 Å². The minimum absolute atomic E-state index is 0.0271. The Bertz CT molecular complexity index is 1060. The van der Waals surface area contributed by atoms with E-state index in [4.69, 9.17) is 4.98 Å². The summed E-state index contributed by atoms with van der Waals surface area (Å²) >= 11 is 0. The second-order valence-corrected chi connectivity index (χ2v) is 7.58. The lowest BCUT2D eigenvalue weighted by Gasteiger charge is -2.27. The molecule has 1 N–H and O–H groups in total. The number of pyridine rings is 1. The number of aromatic nitrogens is 4. The molecule has 1 amide bonds. The number of anilines is 2. The summed E-state index contributed by atoms with van der Waals surface area (Å²) in [5, 5.41) is 7.24. The first-order chi connectivity index (χ1) is 13.6. The molecule has 0 saturated carbocycles. The average molecular weight is 380 g/mol. The zero-order valence-corrected chi connectivity index (χ0v) is 15.6. The topological polar surface area (TPSA) is 75.4 Å². The molecule has 3 aromatic heterocycles. The van der Waals surface area contributed by atoms with Crippen molar-refractivity contribution in [3.05, 3.63) is 47.8 Å². The Kier molecular flexibility index (Phi) is 3.99. The molecule has 0 aromatic carbocycles. The van der Waals surface area contributed by atoms with Gasteiger partial charge < -0.3 is 10.2 Å². The molecule has 28 heavy (non-hydrogen) atoms. The number of rotatable bonds is 0. The van der Waals surface area contributed by atoms with Crippen LogP contribution in [0.3, 0.4) is 0 Å². The summed E-state index contributed by atoms with van der Waals surface area (Å²) in [5.74, 6) is 0.180. The summed E-state index contributed by atoms with van der Waals surface area (Å²) in [5.41, 5.74) is 2.98. The summed E-state index contributed by atoms with van der Waals surface area (Å²) < 4.78 is 15.7. The Balaban J connectivity index is 1.68. The molecule has 2 atom stereocenters. The van der Waals surface area contributed by atoms with E-state index >= 15 is 0 Å². The SMILES string of the molecule is C[C@H]1CCc2ncc(F)cc2[C@@H]2CCCN2c2ccn3ncc(c3n2)NC1=O. The second kappa shape index (κ2) is 6.54. The van der Waals surface area contributed by atoms with Crippen molar-refractivity contribution in [2.45, 2.75) is 38.6 Å². The van der Waals surface area contributed by atoms with Gasteiger partial charge in [-0.1, -0.05) is 6.92 Å². The van der Waals surface area contributed by atoms with Crippen molar-refractivity contribution in [2.24, 2.45) is 5.92 Å². The molecule has 8 heteroatoms. The van der Waals surface area contributed by atoms with Gasteiger partial charge >= 0.3 is 0 Å². The highest BCUT2D eigenvalue weighted by Gasteiger charge is 2.31. The summed E-state index contributed by atoms with van der Waals surface area (Å²) in [7, 11) is 0. The van der Waals surface area contributed by atoms with Crippen LogP contribution < -0.4 is 10.2 Å². The van der Waals surface area contributed by atoms with Gasteiger partial charge in [0.2, 0.25) is 5.91 Å². The third-order valence-corrected chi connectivity index (χ3v) is 5.75. The van der Waals surface area contributed by atoms with Gasteiger partial charge in [0.05, 0.1) is 18.4 Å². The van der Waals surface area contributed by atoms with Crippen LogP contribution in [0.4, 0.5) is 15.9 Å². The quantitative estimate of drug-likeness (QED) is 0.649. The molecule has 5 heterocycles. The Labute approximate surface area is 161 Å². The zero-order valence-electron chi connectivity index (χ0n) is 15.6. The lowest BCUT2D eigenvalue weighted by Crippen LogP contribution is -2.25. The molecular weight excluding hydrogens is 359 g/mol. The van der Waals surface area contributed by atoms with Crippen molar-refractivity contribution < 1.29 is 9.18 Å². The fourth-order valence-electron chi connectivity index (χ4n) is 4.19. The minimum atomic E-state index is -0.331. The number of carbonyl (C=O) groups is 1. The van der Waals surface area contributed by atoms with Crippen LogP contribution in [0, 0.1) is 11.7 Å². The molecule has 0 spiro atoms. The molecule has 2 aliphatic heterocycles. The van der Waals surface area contributed by atoms with Crippen molar-refractivity contribution in [3.8, 4) is 0 Å². The first-order valence-corrected chi connectivity index (χ1v) is 9.66. The number of hydrogen-bond acceptors (Lipinski definition) is 5. The van der Waals surface area contributed by atoms with Gasteiger partial charge in [0.25, 0.3) is 0 Å². The first-order valence-electron chi connectivity index (χ1n) is 9.66. The van der Waals surface area contributed by atoms with Gasteiger partial charge in [-0.25, -0.2) is 13.9 Å². The number of nitrogens with one attached hydrogen (secondary N) is 1. The van der Waals surface area contributed by atoms with Gasteiger partial charge in [0.1, 0.15) is 17.3 Å². The molecule has 0 unspecified atom stereocenters. The predicted molar refractivity (Wildman–Crippen MR) is 103 cm³/mol. The number of carbonyl (C=O) groups excluding carboxylic acids is 1. The zero-order chi connectivity index (χ0) is 19.3. The molecule has 1 fully saturated rings. The first kappa shape index (κ1) is 17.1. The van der Waals surface area contributed by atoms with Crippen LogP contribution in [0.5, 0.6) is 0 Å². The van der Waals surface area contributed by atoms with E-state index in [0.29, 0.717) is 24.2 Å². The molecular formula is C20H21FN6O. The average Bonchev–Trinajstić information content (AvgIpc) is 3.33. The summed E-state index contributed by atoms with van der Waals surface area (Å²) in [6.45, 7) is 2.74. The largest absolute Gasteiger partial charge is 0.349 e. The maximum atomic E-state index is 14.1. The van der Waals surface area contributed by atoms with Crippen molar-refractivity contribution in [2.75, 3.05) is 16.8 Å². The van der Waals surface area contributed by atoms with Crippen LogP contribution in [0.2, 0.25) is 0 Å². The van der Waals surface area contributed by atoms with Gasteiger partial charge in [0.15, 0.2) is 5.65 Å². The van der Waals surface area contributed by atoms with E-state index in [0.717, 1.165) is 36.5 Å². The molecule has 7 nitrogen and oxygen atoms in total. The van der Waals surface area contributed by atoms with Crippen molar-refractivity contribution in [1.29, 1.82) is 0 Å². The number of nitrogens with zero attached hydrogens (tertiary/aromatic N) is 5. The fraction of sp³-hybridized carbons (Fsp3) is 0.400. The van der Waals surface area contributed by atoms with Crippen LogP contribution in [-0.4, -0.2) is 32.0 Å². The van der Waals surface area contributed by atoms with Crippen LogP contribution in [0.1, 0.15) is 43.5 Å². The highest BCUT2D eigenvalue weighted by atomic mass is 19.1. The Morgan fingerprint density at radius 1 is 1.29 bits per heavy atom. The molecule has 2 aliphatic rings. The van der Waals surface area contributed by atoms with Crippen molar-refractivity contribution in [1.82, 2.24) is 19.6 Å². The predicted octanol–water partition coefficient (Wildman–Crippen LogP) is 3.13. The maximum absolute atomic E-state index is 14.1. The Morgan fingerprint density at radius 3 is 3.07 bits per heavy atom. The molecule has 1 saturated heterocycles. The number of fused-ring (bicyclic) bond motifs is 5. The molecule has 0 radical (unpaired) electrons.